The topological polar surface area (TPSA) is 98.8 Å². The lowest BCUT2D eigenvalue weighted by atomic mass is 9.93. The third kappa shape index (κ3) is 3.69. The van der Waals surface area contributed by atoms with Crippen molar-refractivity contribution in [3.05, 3.63) is 84.3 Å². The van der Waals surface area contributed by atoms with E-state index in [-0.39, 0.29) is 18.4 Å². The molecule has 9 heteroatoms. The molecule has 4 heterocycles. The number of nitrogens with one attached hydrogen (secondary N) is 1. The summed E-state index contributed by atoms with van der Waals surface area (Å²) in [5.41, 5.74) is 1.12. The molecule has 0 aliphatic carbocycles. The molecular weight excluding hydrogens is 460 g/mol. The maximum atomic E-state index is 13.9. The summed E-state index contributed by atoms with van der Waals surface area (Å²) in [5.74, 6) is 1.05. The predicted octanol–water partition coefficient (Wildman–Crippen LogP) is 3.65. The molecule has 2 aliphatic heterocycles. The average Bonchev–Trinajstić information content (AvgIpc) is 3.58. The minimum atomic E-state index is -1.27. The van der Waals surface area contributed by atoms with E-state index in [1.807, 2.05) is 30.3 Å². The summed E-state index contributed by atoms with van der Waals surface area (Å²) in [6, 6.07) is 20.1. The molecule has 4 aromatic rings. The van der Waals surface area contributed by atoms with Gasteiger partial charge in [-0.3, -0.25) is 19.2 Å². The Morgan fingerprint density at radius 3 is 2.61 bits per heavy atom. The first-order valence-corrected chi connectivity index (χ1v) is 11.7. The predicted molar refractivity (Wildman–Crippen MR) is 131 cm³/mol. The van der Waals surface area contributed by atoms with E-state index in [0.29, 0.717) is 54.1 Å². The van der Waals surface area contributed by atoms with Gasteiger partial charge in [0.25, 0.3) is 5.91 Å². The molecule has 0 unspecified atom stereocenters. The zero-order valence-corrected chi connectivity index (χ0v) is 19.6. The smallest absolute Gasteiger partial charge is 0.277 e. The number of aromatic nitrogens is 2. The molecule has 0 fully saturated rings. The average molecular weight is 485 g/mol. The highest BCUT2D eigenvalue weighted by Gasteiger charge is 2.49. The number of rotatable bonds is 5. The van der Waals surface area contributed by atoms with E-state index < -0.39 is 5.54 Å². The lowest BCUT2D eigenvalue weighted by molar-refractivity contribution is -0.126. The fraction of sp³-hybridized carbons (Fsp3) is 0.222. The van der Waals surface area contributed by atoms with Gasteiger partial charge in [0.05, 0.1) is 12.8 Å². The van der Waals surface area contributed by atoms with Gasteiger partial charge in [0.1, 0.15) is 30.1 Å². The quantitative estimate of drug-likeness (QED) is 0.464. The van der Waals surface area contributed by atoms with E-state index >= 15 is 0 Å². The van der Waals surface area contributed by atoms with Crippen LogP contribution in [0.5, 0.6) is 11.5 Å². The van der Waals surface area contributed by atoms with Gasteiger partial charge in [0.15, 0.2) is 17.3 Å². The number of fused-ring (bicyclic) bond motifs is 2. The van der Waals surface area contributed by atoms with Crippen molar-refractivity contribution in [1.29, 1.82) is 0 Å². The van der Waals surface area contributed by atoms with Crippen molar-refractivity contribution < 1.29 is 23.5 Å². The van der Waals surface area contributed by atoms with Gasteiger partial charge < -0.3 is 19.2 Å². The van der Waals surface area contributed by atoms with Crippen molar-refractivity contribution in [2.24, 2.45) is 0 Å². The van der Waals surface area contributed by atoms with Crippen molar-refractivity contribution in [2.75, 3.05) is 18.1 Å². The first kappa shape index (κ1) is 22.0. The summed E-state index contributed by atoms with van der Waals surface area (Å²) in [6.07, 6.45) is 1.55. The lowest BCUT2D eigenvalue weighted by Crippen LogP contribution is -2.64. The highest BCUT2D eigenvalue weighted by molar-refractivity contribution is 6.12. The molecule has 9 nitrogen and oxygen atoms in total. The van der Waals surface area contributed by atoms with Crippen LogP contribution in [0.15, 0.2) is 77.4 Å². The summed E-state index contributed by atoms with van der Waals surface area (Å²) < 4.78 is 18.5. The van der Waals surface area contributed by atoms with Gasteiger partial charge >= 0.3 is 0 Å². The van der Waals surface area contributed by atoms with Crippen LogP contribution < -0.4 is 19.7 Å². The van der Waals surface area contributed by atoms with E-state index in [1.165, 1.54) is 4.90 Å². The first-order chi connectivity index (χ1) is 17.5. The Morgan fingerprint density at radius 2 is 1.83 bits per heavy atom. The Hall–Kier alpha value is -4.53. The number of carbonyl (C=O) groups is 2. The molecule has 182 valence electrons. The SMILES string of the molecule is C[C@]1(C(=O)NCc2ccccc2)Cn2nc(-c3ccco3)cc2C(=O)N1c1ccc2c(c1)OCCO2. The Bertz CT molecular complexity index is 1430. The molecule has 2 amide bonds. The minimum absolute atomic E-state index is 0.157. The number of benzene rings is 2. The molecule has 36 heavy (non-hydrogen) atoms. The second-order valence-corrected chi connectivity index (χ2v) is 8.96. The van der Waals surface area contributed by atoms with Crippen molar-refractivity contribution >= 4 is 17.5 Å². The van der Waals surface area contributed by atoms with Gasteiger partial charge in [-0.05, 0) is 36.8 Å². The van der Waals surface area contributed by atoms with Crippen LogP contribution in [0.25, 0.3) is 11.5 Å². The van der Waals surface area contributed by atoms with Gasteiger partial charge in [0, 0.05) is 24.4 Å². The Morgan fingerprint density at radius 1 is 1.03 bits per heavy atom. The molecule has 0 bridgehead atoms. The molecule has 0 radical (unpaired) electrons. The first-order valence-electron chi connectivity index (χ1n) is 11.7. The zero-order chi connectivity index (χ0) is 24.7. The number of anilines is 1. The fourth-order valence-electron chi connectivity index (χ4n) is 4.67. The molecule has 1 atom stereocenters. The number of furan rings is 1. The van der Waals surface area contributed by atoms with Crippen LogP contribution >= 0.6 is 0 Å². The molecule has 0 saturated carbocycles. The molecule has 6 rings (SSSR count). The van der Waals surface area contributed by atoms with Crippen LogP contribution in [-0.4, -0.2) is 40.3 Å². The molecule has 0 saturated heterocycles. The molecule has 0 spiro atoms. The molecular formula is C27H24N4O5. The largest absolute Gasteiger partial charge is 0.486 e. The molecule has 2 aromatic heterocycles. The Balaban J connectivity index is 1.40. The number of ether oxygens (including phenoxy) is 2. The summed E-state index contributed by atoms with van der Waals surface area (Å²) in [4.78, 5) is 29.2. The van der Waals surface area contributed by atoms with E-state index in [9.17, 15) is 9.59 Å². The summed E-state index contributed by atoms with van der Waals surface area (Å²) in [6.45, 7) is 3.12. The minimum Gasteiger partial charge on any atom is -0.486 e. The van der Waals surface area contributed by atoms with Crippen molar-refractivity contribution in [3.8, 4) is 23.0 Å². The van der Waals surface area contributed by atoms with Crippen LogP contribution in [0.3, 0.4) is 0 Å². The maximum absolute atomic E-state index is 13.9. The van der Waals surface area contributed by atoms with E-state index in [2.05, 4.69) is 10.4 Å². The highest BCUT2D eigenvalue weighted by Crippen LogP contribution is 2.39. The van der Waals surface area contributed by atoms with Crippen molar-refractivity contribution in [2.45, 2.75) is 25.6 Å². The van der Waals surface area contributed by atoms with E-state index in [1.54, 1.807) is 54.3 Å². The van der Waals surface area contributed by atoms with Gasteiger partial charge in [-0.2, -0.15) is 5.10 Å². The summed E-state index contributed by atoms with van der Waals surface area (Å²) in [5, 5.41) is 7.60. The van der Waals surface area contributed by atoms with E-state index in [0.717, 1.165) is 5.56 Å². The van der Waals surface area contributed by atoms with Gasteiger partial charge in [-0.25, -0.2) is 0 Å². The van der Waals surface area contributed by atoms with Crippen LogP contribution in [-0.2, 0) is 17.9 Å². The third-order valence-electron chi connectivity index (χ3n) is 6.50. The number of hydrogen-bond donors (Lipinski definition) is 1. The number of hydrogen-bond acceptors (Lipinski definition) is 6. The maximum Gasteiger partial charge on any atom is 0.277 e. The lowest BCUT2D eigenvalue weighted by Gasteiger charge is -2.43. The summed E-state index contributed by atoms with van der Waals surface area (Å²) >= 11 is 0. The standard InChI is InChI=1S/C27H24N4O5/c1-27(26(33)28-16-18-6-3-2-4-7-18)17-30-21(15-20(29-30)22-8-5-11-34-22)25(32)31(27)19-9-10-23-24(14-19)36-13-12-35-23/h2-11,14-15H,12-13,16-17H2,1H3,(H,28,33)/t27-/m1/s1. The molecule has 1 N–H and O–H groups in total. The van der Waals surface area contributed by atoms with Crippen LogP contribution in [0.4, 0.5) is 5.69 Å². The van der Waals surface area contributed by atoms with Crippen LogP contribution in [0, 0.1) is 0 Å². The number of amides is 2. The van der Waals surface area contributed by atoms with Crippen molar-refractivity contribution in [3.63, 3.8) is 0 Å². The second kappa shape index (κ2) is 8.60. The Labute approximate surface area is 207 Å². The highest BCUT2D eigenvalue weighted by atomic mass is 16.6. The zero-order valence-electron chi connectivity index (χ0n) is 19.6. The van der Waals surface area contributed by atoms with Gasteiger partial charge in [0.2, 0.25) is 5.91 Å². The summed E-state index contributed by atoms with van der Waals surface area (Å²) in [7, 11) is 0. The van der Waals surface area contributed by atoms with Gasteiger partial charge in [-0.1, -0.05) is 30.3 Å². The number of nitrogens with zero attached hydrogens (tertiary/aromatic N) is 3. The van der Waals surface area contributed by atoms with E-state index in [4.69, 9.17) is 13.9 Å². The Kier molecular flexibility index (Phi) is 5.25. The number of carbonyl (C=O) groups excluding carboxylic acids is 2. The normalized spacial score (nSPS) is 18.6. The van der Waals surface area contributed by atoms with Crippen LogP contribution in [0.1, 0.15) is 23.0 Å². The van der Waals surface area contributed by atoms with Crippen LogP contribution in [0.2, 0.25) is 0 Å². The second-order valence-electron chi connectivity index (χ2n) is 8.96. The fourth-order valence-corrected chi connectivity index (χ4v) is 4.67. The monoisotopic (exact) mass is 484 g/mol. The van der Waals surface area contributed by atoms with Gasteiger partial charge in [-0.15, -0.1) is 0 Å². The third-order valence-corrected chi connectivity index (χ3v) is 6.50. The molecule has 2 aromatic carbocycles. The molecule has 2 aliphatic rings. The van der Waals surface area contributed by atoms with Crippen molar-refractivity contribution in [1.82, 2.24) is 15.1 Å².